The summed E-state index contributed by atoms with van der Waals surface area (Å²) in [7, 11) is -2.38. The number of carbonyl (C=O) groups excluding carboxylic acids is 2. The zero-order valence-electron chi connectivity index (χ0n) is 15.5. The molecule has 3 rings (SSSR count). The van der Waals surface area contributed by atoms with Gasteiger partial charge in [-0.25, -0.2) is 13.2 Å². The molecule has 0 aliphatic carbocycles. The lowest BCUT2D eigenvalue weighted by atomic mass is 9.98. The lowest BCUT2D eigenvalue weighted by Crippen LogP contribution is -2.43. The van der Waals surface area contributed by atoms with Gasteiger partial charge in [0.2, 0.25) is 15.9 Å². The second-order valence-corrected chi connectivity index (χ2v) is 8.48. The molecule has 0 aromatic heterocycles. The lowest BCUT2D eigenvalue weighted by Gasteiger charge is -2.31. The number of esters is 1. The minimum Gasteiger partial charge on any atom is -0.465 e. The lowest BCUT2D eigenvalue weighted by molar-refractivity contribution is -0.120. The number of ether oxygens (including phenoxy) is 1. The van der Waals surface area contributed by atoms with Crippen LogP contribution in [0.4, 0.5) is 5.69 Å². The third-order valence-corrected chi connectivity index (χ3v) is 6.61. The maximum absolute atomic E-state index is 12.8. The fourth-order valence-corrected chi connectivity index (χ4v) is 4.78. The number of rotatable bonds is 5. The summed E-state index contributed by atoms with van der Waals surface area (Å²) in [6, 6.07) is 14.8. The molecule has 1 heterocycles. The van der Waals surface area contributed by atoms with Crippen LogP contribution in [0.25, 0.3) is 0 Å². The molecule has 1 amide bonds. The molecule has 0 saturated carbocycles. The van der Waals surface area contributed by atoms with Gasteiger partial charge in [0.25, 0.3) is 0 Å². The molecule has 1 aliphatic rings. The van der Waals surface area contributed by atoms with Gasteiger partial charge in [0.1, 0.15) is 0 Å². The van der Waals surface area contributed by atoms with E-state index in [1.54, 1.807) is 54.6 Å². The molecule has 8 heteroatoms. The average molecular weight is 402 g/mol. The van der Waals surface area contributed by atoms with Gasteiger partial charge in [-0.2, -0.15) is 4.31 Å². The first-order chi connectivity index (χ1) is 13.4. The van der Waals surface area contributed by atoms with Crippen molar-refractivity contribution in [3.63, 3.8) is 0 Å². The van der Waals surface area contributed by atoms with E-state index >= 15 is 0 Å². The topological polar surface area (TPSA) is 92.8 Å². The Hall–Kier alpha value is -2.71. The van der Waals surface area contributed by atoms with E-state index < -0.39 is 21.9 Å². The number of para-hydroxylation sites is 1. The molecule has 28 heavy (non-hydrogen) atoms. The molecule has 0 unspecified atom stereocenters. The second kappa shape index (κ2) is 8.53. The standard InChI is InChI=1S/C20H22N2O5S/c1-27-20(24)17-11-5-6-12-18(17)21-19(23)15-8-7-13-22(14-15)28(25,26)16-9-3-2-4-10-16/h2-6,9-12,15H,7-8,13-14H2,1H3,(H,21,23)/t15-/m1/s1. The van der Waals surface area contributed by atoms with Gasteiger partial charge < -0.3 is 10.1 Å². The predicted octanol–water partition coefficient (Wildman–Crippen LogP) is 2.51. The van der Waals surface area contributed by atoms with Crippen molar-refractivity contribution >= 4 is 27.6 Å². The molecule has 1 aliphatic heterocycles. The quantitative estimate of drug-likeness (QED) is 0.776. The molecule has 2 aromatic rings. The van der Waals surface area contributed by atoms with Crippen LogP contribution in [-0.4, -0.2) is 44.8 Å². The van der Waals surface area contributed by atoms with Crippen molar-refractivity contribution in [2.75, 3.05) is 25.5 Å². The van der Waals surface area contributed by atoms with E-state index in [1.807, 2.05) is 0 Å². The van der Waals surface area contributed by atoms with E-state index in [9.17, 15) is 18.0 Å². The van der Waals surface area contributed by atoms with Crippen LogP contribution in [0.2, 0.25) is 0 Å². The largest absolute Gasteiger partial charge is 0.465 e. The number of nitrogens with zero attached hydrogens (tertiary/aromatic N) is 1. The molecule has 0 bridgehead atoms. The number of hydrogen-bond donors (Lipinski definition) is 1. The summed E-state index contributed by atoms with van der Waals surface area (Å²) in [5, 5.41) is 2.75. The van der Waals surface area contributed by atoms with E-state index in [1.165, 1.54) is 11.4 Å². The van der Waals surface area contributed by atoms with Crippen molar-refractivity contribution in [3.05, 3.63) is 60.2 Å². The summed E-state index contributed by atoms with van der Waals surface area (Å²) >= 11 is 0. The Kier molecular flexibility index (Phi) is 6.11. The van der Waals surface area contributed by atoms with Crippen LogP contribution in [-0.2, 0) is 19.6 Å². The number of amides is 1. The zero-order valence-corrected chi connectivity index (χ0v) is 16.3. The number of nitrogens with one attached hydrogen (secondary N) is 1. The van der Waals surface area contributed by atoms with Crippen molar-refractivity contribution in [3.8, 4) is 0 Å². The molecule has 2 aromatic carbocycles. The number of carbonyl (C=O) groups is 2. The van der Waals surface area contributed by atoms with Crippen LogP contribution in [0.5, 0.6) is 0 Å². The number of piperidine rings is 1. The first-order valence-electron chi connectivity index (χ1n) is 8.97. The predicted molar refractivity (Wildman–Crippen MR) is 104 cm³/mol. The van der Waals surface area contributed by atoms with Crippen LogP contribution in [0.1, 0.15) is 23.2 Å². The molecular weight excluding hydrogens is 380 g/mol. The summed E-state index contributed by atoms with van der Waals surface area (Å²) in [5.74, 6) is -1.37. The van der Waals surface area contributed by atoms with Crippen LogP contribution in [0.3, 0.4) is 0 Å². The highest BCUT2D eigenvalue weighted by atomic mass is 32.2. The van der Waals surface area contributed by atoms with Gasteiger partial charge in [-0.3, -0.25) is 4.79 Å². The van der Waals surface area contributed by atoms with E-state index in [0.717, 1.165) is 0 Å². The number of anilines is 1. The van der Waals surface area contributed by atoms with Crippen molar-refractivity contribution in [1.82, 2.24) is 4.31 Å². The van der Waals surface area contributed by atoms with Crippen molar-refractivity contribution in [2.24, 2.45) is 5.92 Å². The average Bonchev–Trinajstić information content (AvgIpc) is 2.74. The van der Waals surface area contributed by atoms with Gasteiger partial charge in [-0.05, 0) is 37.1 Å². The monoisotopic (exact) mass is 402 g/mol. The van der Waals surface area contributed by atoms with Crippen LogP contribution >= 0.6 is 0 Å². The Morgan fingerprint density at radius 3 is 2.46 bits per heavy atom. The summed E-state index contributed by atoms with van der Waals surface area (Å²) in [4.78, 5) is 24.8. The molecule has 0 radical (unpaired) electrons. The molecule has 1 N–H and O–H groups in total. The third-order valence-electron chi connectivity index (χ3n) is 4.73. The first kappa shape index (κ1) is 20.0. The molecule has 1 atom stereocenters. The highest BCUT2D eigenvalue weighted by Crippen LogP contribution is 2.25. The Morgan fingerprint density at radius 1 is 1.07 bits per heavy atom. The maximum atomic E-state index is 12.8. The molecule has 0 spiro atoms. The number of methoxy groups -OCH3 is 1. The van der Waals surface area contributed by atoms with Crippen LogP contribution in [0.15, 0.2) is 59.5 Å². The van der Waals surface area contributed by atoms with Gasteiger partial charge in [0, 0.05) is 13.1 Å². The minimum absolute atomic E-state index is 0.101. The molecule has 1 fully saturated rings. The van der Waals surface area contributed by atoms with E-state index in [-0.39, 0.29) is 22.9 Å². The Labute approximate surface area is 164 Å². The van der Waals surface area contributed by atoms with Crippen molar-refractivity contribution in [1.29, 1.82) is 0 Å². The normalized spacial score (nSPS) is 17.7. The summed E-state index contributed by atoms with van der Waals surface area (Å²) < 4.78 is 31.7. The fraction of sp³-hybridized carbons (Fsp3) is 0.300. The SMILES string of the molecule is COC(=O)c1ccccc1NC(=O)[C@@H]1CCCN(S(=O)(=O)c2ccccc2)C1. The first-order valence-corrected chi connectivity index (χ1v) is 10.4. The van der Waals surface area contributed by atoms with Gasteiger partial charge in [-0.15, -0.1) is 0 Å². The highest BCUT2D eigenvalue weighted by Gasteiger charge is 2.33. The minimum atomic E-state index is -3.65. The van der Waals surface area contributed by atoms with Gasteiger partial charge >= 0.3 is 5.97 Å². The Balaban J connectivity index is 1.75. The Morgan fingerprint density at radius 2 is 1.75 bits per heavy atom. The third kappa shape index (κ3) is 4.23. The van der Waals surface area contributed by atoms with Crippen molar-refractivity contribution in [2.45, 2.75) is 17.7 Å². The molecule has 148 valence electrons. The van der Waals surface area contributed by atoms with E-state index in [2.05, 4.69) is 5.32 Å². The second-order valence-electron chi connectivity index (χ2n) is 6.54. The summed E-state index contributed by atoms with van der Waals surface area (Å²) in [6.07, 6.45) is 1.16. The molecule has 1 saturated heterocycles. The number of hydrogen-bond acceptors (Lipinski definition) is 5. The van der Waals surface area contributed by atoms with Crippen LogP contribution < -0.4 is 5.32 Å². The van der Waals surface area contributed by atoms with Crippen molar-refractivity contribution < 1.29 is 22.7 Å². The van der Waals surface area contributed by atoms with E-state index in [4.69, 9.17) is 4.74 Å². The zero-order chi connectivity index (χ0) is 20.1. The molecule has 7 nitrogen and oxygen atoms in total. The number of sulfonamides is 1. The van der Waals surface area contributed by atoms with E-state index in [0.29, 0.717) is 25.1 Å². The highest BCUT2D eigenvalue weighted by molar-refractivity contribution is 7.89. The van der Waals surface area contributed by atoms with Gasteiger partial charge in [0.05, 0.1) is 29.2 Å². The Bertz CT molecular complexity index is 960. The van der Waals surface area contributed by atoms with Gasteiger partial charge in [-0.1, -0.05) is 30.3 Å². The summed E-state index contributed by atoms with van der Waals surface area (Å²) in [6.45, 7) is 0.475. The summed E-state index contributed by atoms with van der Waals surface area (Å²) in [5.41, 5.74) is 0.602. The fourth-order valence-electron chi connectivity index (χ4n) is 3.23. The van der Waals surface area contributed by atoms with Crippen LogP contribution in [0, 0.1) is 5.92 Å². The van der Waals surface area contributed by atoms with Gasteiger partial charge in [0.15, 0.2) is 0 Å². The molecular formula is C20H22N2O5S. The smallest absolute Gasteiger partial charge is 0.339 e. The number of benzene rings is 2. The maximum Gasteiger partial charge on any atom is 0.339 e.